The Labute approximate surface area is 95.6 Å². The fourth-order valence-corrected chi connectivity index (χ4v) is 2.49. The summed E-state index contributed by atoms with van der Waals surface area (Å²) in [5.41, 5.74) is 5.83. The van der Waals surface area contributed by atoms with Crippen LogP contribution in [0.15, 0.2) is 17.3 Å². The summed E-state index contributed by atoms with van der Waals surface area (Å²) in [6.45, 7) is 1.46. The molecular weight excluding hydrogens is 226 g/mol. The van der Waals surface area contributed by atoms with E-state index in [1.54, 1.807) is 10.9 Å². The first-order valence-corrected chi connectivity index (χ1v) is 7.27. The van der Waals surface area contributed by atoms with Crippen molar-refractivity contribution in [1.82, 2.24) is 9.78 Å². The van der Waals surface area contributed by atoms with Crippen LogP contribution in [0.2, 0.25) is 0 Å². The molecule has 0 aromatic carbocycles. The van der Waals surface area contributed by atoms with Crippen LogP contribution < -0.4 is 5.73 Å². The van der Waals surface area contributed by atoms with Crippen molar-refractivity contribution in [3.05, 3.63) is 12.4 Å². The van der Waals surface area contributed by atoms with Gasteiger partial charge in [0.1, 0.15) is 4.90 Å². The van der Waals surface area contributed by atoms with Gasteiger partial charge in [0.05, 0.1) is 6.20 Å². The van der Waals surface area contributed by atoms with E-state index in [4.69, 9.17) is 5.73 Å². The number of hydrogen-bond acceptors (Lipinski definition) is 4. The highest BCUT2D eigenvalue weighted by Gasteiger charge is 2.42. The summed E-state index contributed by atoms with van der Waals surface area (Å²) in [4.78, 5) is 0.288. The minimum absolute atomic E-state index is 0.273. The highest BCUT2D eigenvalue weighted by molar-refractivity contribution is 7.90. The van der Waals surface area contributed by atoms with Crippen LogP contribution in [0.5, 0.6) is 0 Å². The first kappa shape index (κ1) is 11.6. The van der Waals surface area contributed by atoms with E-state index in [0.717, 1.165) is 25.8 Å². The van der Waals surface area contributed by atoms with Gasteiger partial charge in [0.2, 0.25) is 0 Å². The Kier molecular flexibility index (Phi) is 2.79. The van der Waals surface area contributed by atoms with E-state index in [2.05, 4.69) is 5.10 Å². The molecule has 0 unspecified atom stereocenters. The van der Waals surface area contributed by atoms with Crippen molar-refractivity contribution in [3.63, 3.8) is 0 Å². The van der Waals surface area contributed by atoms with E-state index >= 15 is 0 Å². The summed E-state index contributed by atoms with van der Waals surface area (Å²) in [6, 6.07) is 0. The second kappa shape index (κ2) is 3.85. The summed E-state index contributed by atoms with van der Waals surface area (Å²) in [6.07, 6.45) is 7.53. The van der Waals surface area contributed by atoms with Gasteiger partial charge in [0, 0.05) is 19.0 Å². The van der Waals surface area contributed by atoms with Crippen LogP contribution in [-0.4, -0.2) is 31.0 Å². The van der Waals surface area contributed by atoms with Gasteiger partial charge in [-0.05, 0) is 31.2 Å². The second-order valence-corrected chi connectivity index (χ2v) is 6.70. The number of sulfone groups is 1. The van der Waals surface area contributed by atoms with Crippen LogP contribution in [0, 0.1) is 5.41 Å². The van der Waals surface area contributed by atoms with Crippen molar-refractivity contribution in [2.75, 3.05) is 12.8 Å². The van der Waals surface area contributed by atoms with Crippen molar-refractivity contribution in [2.24, 2.45) is 11.1 Å². The standard InChI is InChI=1S/C10H17N3O2S/c1-16(14,15)9-6-12-13(7-9)8-10(2-3-10)4-5-11/h6-7H,2-5,8,11H2,1H3. The van der Waals surface area contributed by atoms with Gasteiger partial charge in [-0.2, -0.15) is 5.10 Å². The van der Waals surface area contributed by atoms with E-state index in [-0.39, 0.29) is 10.3 Å². The Morgan fingerprint density at radius 2 is 2.25 bits per heavy atom. The molecule has 0 aliphatic heterocycles. The summed E-state index contributed by atoms with van der Waals surface area (Å²) in [5, 5.41) is 4.09. The maximum atomic E-state index is 11.3. The third-order valence-electron chi connectivity index (χ3n) is 3.17. The molecule has 1 aliphatic rings. The monoisotopic (exact) mass is 243 g/mol. The molecule has 0 atom stereocenters. The van der Waals surface area contributed by atoms with Gasteiger partial charge in [-0.1, -0.05) is 0 Å². The molecule has 1 heterocycles. The average Bonchev–Trinajstić information content (AvgIpc) is 2.75. The Morgan fingerprint density at radius 1 is 1.56 bits per heavy atom. The lowest BCUT2D eigenvalue weighted by atomic mass is 10.0. The minimum Gasteiger partial charge on any atom is -0.330 e. The van der Waals surface area contributed by atoms with Gasteiger partial charge in [-0.3, -0.25) is 4.68 Å². The maximum Gasteiger partial charge on any atom is 0.178 e. The van der Waals surface area contributed by atoms with Crippen LogP contribution in [0.1, 0.15) is 19.3 Å². The van der Waals surface area contributed by atoms with E-state index in [1.807, 2.05) is 0 Å². The largest absolute Gasteiger partial charge is 0.330 e. The Morgan fingerprint density at radius 3 is 2.69 bits per heavy atom. The molecule has 1 aliphatic carbocycles. The zero-order valence-electron chi connectivity index (χ0n) is 9.39. The van der Waals surface area contributed by atoms with Gasteiger partial charge in [-0.15, -0.1) is 0 Å². The average molecular weight is 243 g/mol. The van der Waals surface area contributed by atoms with E-state index in [9.17, 15) is 8.42 Å². The molecule has 5 nitrogen and oxygen atoms in total. The molecule has 1 aromatic heterocycles. The predicted molar refractivity (Wildman–Crippen MR) is 60.7 cm³/mol. The number of rotatable bonds is 5. The molecule has 0 amide bonds. The zero-order chi connectivity index (χ0) is 11.8. The molecule has 0 saturated heterocycles. The molecule has 0 radical (unpaired) electrons. The lowest BCUT2D eigenvalue weighted by molar-refractivity contribution is 0.376. The molecule has 6 heteroatoms. The quantitative estimate of drug-likeness (QED) is 0.812. The van der Waals surface area contributed by atoms with Crippen molar-refractivity contribution in [2.45, 2.75) is 30.7 Å². The SMILES string of the molecule is CS(=O)(=O)c1cnn(CC2(CCN)CC2)c1. The Balaban J connectivity index is 2.09. The van der Waals surface area contributed by atoms with E-state index in [1.165, 1.54) is 12.5 Å². The van der Waals surface area contributed by atoms with Crippen LogP contribution in [0.25, 0.3) is 0 Å². The molecule has 2 rings (SSSR count). The summed E-state index contributed by atoms with van der Waals surface area (Å²) in [7, 11) is -3.14. The maximum absolute atomic E-state index is 11.3. The Bertz CT molecular complexity index is 474. The number of hydrogen-bond donors (Lipinski definition) is 1. The molecule has 1 saturated carbocycles. The lowest BCUT2D eigenvalue weighted by Crippen LogP contribution is -2.16. The van der Waals surface area contributed by atoms with Gasteiger partial charge in [0.25, 0.3) is 0 Å². The molecule has 90 valence electrons. The fraction of sp³-hybridized carbons (Fsp3) is 0.700. The van der Waals surface area contributed by atoms with Gasteiger partial charge >= 0.3 is 0 Å². The number of nitrogens with zero attached hydrogens (tertiary/aromatic N) is 2. The first-order chi connectivity index (χ1) is 7.45. The first-order valence-electron chi connectivity index (χ1n) is 5.38. The molecule has 1 aromatic rings. The summed E-state index contributed by atoms with van der Waals surface area (Å²) in [5.74, 6) is 0. The number of aromatic nitrogens is 2. The van der Waals surface area contributed by atoms with Crippen LogP contribution >= 0.6 is 0 Å². The topological polar surface area (TPSA) is 78.0 Å². The van der Waals surface area contributed by atoms with Crippen LogP contribution in [0.4, 0.5) is 0 Å². The van der Waals surface area contributed by atoms with Crippen molar-refractivity contribution in [1.29, 1.82) is 0 Å². The summed E-state index contributed by atoms with van der Waals surface area (Å²) < 4.78 is 24.3. The highest BCUT2D eigenvalue weighted by atomic mass is 32.2. The fourth-order valence-electron chi connectivity index (χ4n) is 1.94. The third kappa shape index (κ3) is 2.44. The van der Waals surface area contributed by atoms with Crippen molar-refractivity contribution >= 4 is 9.84 Å². The van der Waals surface area contributed by atoms with Crippen LogP contribution in [-0.2, 0) is 16.4 Å². The second-order valence-electron chi connectivity index (χ2n) is 4.68. The molecule has 0 bridgehead atoms. The third-order valence-corrected chi connectivity index (χ3v) is 4.23. The van der Waals surface area contributed by atoms with Crippen molar-refractivity contribution < 1.29 is 8.42 Å². The summed E-state index contributed by atoms with van der Waals surface area (Å²) >= 11 is 0. The van der Waals surface area contributed by atoms with Gasteiger partial charge in [0.15, 0.2) is 9.84 Å². The molecule has 1 fully saturated rings. The van der Waals surface area contributed by atoms with Gasteiger partial charge in [-0.25, -0.2) is 8.42 Å². The van der Waals surface area contributed by atoms with Crippen LogP contribution in [0.3, 0.4) is 0 Å². The lowest BCUT2D eigenvalue weighted by Gasteiger charge is -2.13. The van der Waals surface area contributed by atoms with E-state index in [0.29, 0.717) is 6.54 Å². The van der Waals surface area contributed by atoms with E-state index < -0.39 is 9.84 Å². The van der Waals surface area contributed by atoms with Crippen molar-refractivity contribution in [3.8, 4) is 0 Å². The molecule has 16 heavy (non-hydrogen) atoms. The normalized spacial score (nSPS) is 18.6. The Hall–Kier alpha value is -0.880. The molecular formula is C10H17N3O2S. The number of nitrogens with two attached hydrogens (primary N) is 1. The smallest absolute Gasteiger partial charge is 0.178 e. The zero-order valence-corrected chi connectivity index (χ0v) is 10.2. The predicted octanol–water partition coefficient (Wildman–Crippen LogP) is 0.416. The van der Waals surface area contributed by atoms with Gasteiger partial charge < -0.3 is 5.73 Å². The molecule has 0 spiro atoms. The minimum atomic E-state index is -3.14. The molecule has 2 N–H and O–H groups in total. The highest BCUT2D eigenvalue weighted by Crippen LogP contribution is 2.49.